The molecule has 2 amide bonds. The molecule has 3 aromatic carbocycles. The van der Waals surface area contributed by atoms with Gasteiger partial charge >= 0.3 is 19.3 Å². The van der Waals surface area contributed by atoms with Crippen LogP contribution in [0.3, 0.4) is 0 Å². The highest BCUT2D eigenvalue weighted by Crippen LogP contribution is 2.39. The number of benzene rings is 3. The number of rotatable bonds is 2. The minimum Gasteiger partial charge on any atom is -0.444 e. The van der Waals surface area contributed by atoms with Crippen LogP contribution in [0, 0.1) is 19.9 Å². The van der Waals surface area contributed by atoms with Crippen LogP contribution in [0.15, 0.2) is 76.7 Å². The predicted molar refractivity (Wildman–Crippen MR) is 241 cm³/mol. The molecule has 0 unspecified atom stereocenters. The highest BCUT2D eigenvalue weighted by Gasteiger charge is 2.52. The fraction of sp³-hybridized carbons (Fsp3) is 0.458. The first-order valence-electron chi connectivity index (χ1n) is 20.3. The lowest BCUT2D eigenvalue weighted by atomic mass is 9.75. The molecule has 8 nitrogen and oxygen atoms in total. The third-order valence-corrected chi connectivity index (χ3v) is 11.5. The van der Waals surface area contributed by atoms with Crippen molar-refractivity contribution in [1.82, 2.24) is 9.80 Å². The number of hydrogen-bond acceptors (Lipinski definition) is 6. The van der Waals surface area contributed by atoms with Crippen molar-refractivity contribution in [2.45, 2.75) is 118 Å². The van der Waals surface area contributed by atoms with Gasteiger partial charge in [0.05, 0.1) is 27.3 Å². The molecule has 0 saturated carbocycles. The zero-order valence-corrected chi connectivity index (χ0v) is 38.1. The smallest absolute Gasteiger partial charge is 0.444 e. The molecule has 1 aliphatic carbocycles. The molecule has 0 atom stereocenters. The van der Waals surface area contributed by atoms with Crippen LogP contribution in [0.25, 0.3) is 28.5 Å². The summed E-state index contributed by atoms with van der Waals surface area (Å²) < 4.78 is 24.1. The molecule has 0 radical (unpaired) electrons. The van der Waals surface area contributed by atoms with Crippen molar-refractivity contribution in [3.05, 3.63) is 111 Å². The molecular weight excluding hydrogens is 791 g/mol. The number of ether oxygens (including phenoxy) is 2. The van der Waals surface area contributed by atoms with Gasteiger partial charge in [0.15, 0.2) is 0 Å². The Morgan fingerprint density at radius 3 is 1.81 bits per heavy atom. The molecular formula is C48H61BBrN2O6+. The molecule has 10 heteroatoms. The molecule has 0 spiro atoms. The summed E-state index contributed by atoms with van der Waals surface area (Å²) in [5.74, 6) is 0. The van der Waals surface area contributed by atoms with Gasteiger partial charge in [-0.15, -0.1) is 0 Å². The Balaban J connectivity index is 0.000000174. The van der Waals surface area contributed by atoms with Crippen LogP contribution in [0.2, 0.25) is 0 Å². The van der Waals surface area contributed by atoms with Crippen molar-refractivity contribution >= 4 is 63.7 Å². The number of allylic oxidation sites excluding steroid dienone is 2. The van der Waals surface area contributed by atoms with Crippen LogP contribution in [-0.4, -0.2) is 77.7 Å². The van der Waals surface area contributed by atoms with E-state index in [2.05, 4.69) is 96.5 Å². The van der Waals surface area contributed by atoms with E-state index in [1.165, 1.54) is 44.2 Å². The van der Waals surface area contributed by atoms with Crippen LogP contribution in [0.1, 0.15) is 110 Å². The van der Waals surface area contributed by atoms with Gasteiger partial charge in [0.2, 0.25) is 0 Å². The van der Waals surface area contributed by atoms with Crippen molar-refractivity contribution in [2.75, 3.05) is 26.2 Å². The summed E-state index contributed by atoms with van der Waals surface area (Å²) in [6.45, 7) is 26.2. The van der Waals surface area contributed by atoms with Gasteiger partial charge in [-0.2, -0.15) is 0 Å². The second-order valence-corrected chi connectivity index (χ2v) is 19.1. The summed E-state index contributed by atoms with van der Waals surface area (Å²) in [7, 11) is -0.314. The van der Waals surface area contributed by atoms with Gasteiger partial charge in [-0.3, -0.25) is 0 Å². The molecule has 1 saturated heterocycles. The summed E-state index contributed by atoms with van der Waals surface area (Å²) in [6, 6.07) is 17.1. The van der Waals surface area contributed by atoms with Crippen LogP contribution in [-0.2, 0) is 18.8 Å². The Morgan fingerprint density at radius 1 is 0.741 bits per heavy atom. The van der Waals surface area contributed by atoms with Gasteiger partial charge in [0.1, 0.15) is 28.9 Å². The second kappa shape index (κ2) is 18.0. The molecule has 3 aliphatic heterocycles. The standard InChI is InChI=1S/C21H25NO2.C16H28BNO4.C11H8Br/c1-15-9-10-18(19-8-6-5-7-17(15)19)16-11-13-22(14-12-16)20(23)24-21(2,3)4;1-14(2,3)20-13(19)18-10-8-12(9-11-18)17-21-15(4,5)16(6,7)22-17;1-8-6-7-11(12)10-5-3-2-4-9(8)10/h5-11H,12-14H2,1-4H3;8H,9-11H2,1-7H3;2,4-7H,1H3/q;;+1. The zero-order chi connectivity index (χ0) is 42.6. The Labute approximate surface area is 355 Å². The monoisotopic (exact) mass is 851 g/mol. The minimum atomic E-state index is -0.465. The molecule has 1 fully saturated rings. The summed E-state index contributed by atoms with van der Waals surface area (Å²) in [6.07, 6.45) is 14.4. The summed E-state index contributed by atoms with van der Waals surface area (Å²) in [4.78, 5) is 27.7. The molecule has 0 bridgehead atoms. The predicted octanol–water partition coefficient (Wildman–Crippen LogP) is 12.0. The van der Waals surface area contributed by atoms with Crippen molar-refractivity contribution in [1.29, 1.82) is 0 Å². The fourth-order valence-corrected chi connectivity index (χ4v) is 7.33. The van der Waals surface area contributed by atoms with E-state index in [-0.39, 0.29) is 30.5 Å². The lowest BCUT2D eigenvalue weighted by Gasteiger charge is -2.32. The van der Waals surface area contributed by atoms with E-state index in [1.807, 2.05) is 87.5 Å². The molecule has 4 aliphatic rings. The van der Waals surface area contributed by atoms with Gasteiger partial charge in [0.25, 0.3) is 0 Å². The number of carbonyl (C=O) groups excluding carboxylic acids is 2. The summed E-state index contributed by atoms with van der Waals surface area (Å²) >= 11 is 3.51. The topological polar surface area (TPSA) is 77.5 Å². The zero-order valence-electron chi connectivity index (χ0n) is 36.5. The number of aryl methyl sites for hydroxylation is 2. The van der Waals surface area contributed by atoms with Gasteiger partial charge in [-0.05, 0) is 156 Å². The molecule has 0 aromatic heterocycles. The van der Waals surface area contributed by atoms with E-state index in [9.17, 15) is 9.59 Å². The van der Waals surface area contributed by atoms with E-state index in [0.29, 0.717) is 26.2 Å². The third kappa shape index (κ3) is 11.3. The Kier molecular flexibility index (Phi) is 13.9. The number of carbonyl (C=O) groups is 2. The van der Waals surface area contributed by atoms with E-state index >= 15 is 0 Å². The first-order valence-corrected chi connectivity index (χ1v) is 21.1. The van der Waals surface area contributed by atoms with E-state index in [4.69, 9.17) is 18.8 Å². The van der Waals surface area contributed by atoms with E-state index < -0.39 is 11.2 Å². The van der Waals surface area contributed by atoms with Crippen LogP contribution >= 0.6 is 15.9 Å². The quantitative estimate of drug-likeness (QED) is 0.189. The van der Waals surface area contributed by atoms with Crippen molar-refractivity contribution in [3.8, 4) is 0 Å². The van der Waals surface area contributed by atoms with E-state index in [0.717, 1.165) is 22.8 Å². The van der Waals surface area contributed by atoms with Crippen LogP contribution in [0.5, 0.6) is 0 Å². The van der Waals surface area contributed by atoms with E-state index in [1.54, 1.807) is 9.80 Å². The average Bonchev–Trinajstić information content (AvgIpc) is 3.38. The highest BCUT2D eigenvalue weighted by atomic mass is 79.9. The van der Waals surface area contributed by atoms with Crippen LogP contribution in [0.4, 0.5) is 9.59 Å². The number of fused-ring (bicyclic) bond motifs is 2. The second-order valence-electron chi connectivity index (χ2n) is 18.3. The van der Waals surface area contributed by atoms with Crippen LogP contribution < -0.4 is 0 Å². The van der Waals surface area contributed by atoms with Gasteiger partial charge in [-0.25, -0.2) is 9.59 Å². The molecule has 3 aromatic rings. The highest BCUT2D eigenvalue weighted by molar-refractivity contribution is 9.10. The number of hydrogen-bond donors (Lipinski definition) is 0. The summed E-state index contributed by atoms with van der Waals surface area (Å²) in [5.41, 5.74) is 7.25. The fourth-order valence-electron chi connectivity index (χ4n) is 6.87. The summed E-state index contributed by atoms with van der Waals surface area (Å²) in [5, 5.41) is 2.58. The SMILES string of the molecule is CC(C)(C)OC(=O)N1CC=C(B2OC(C)(C)C(C)(C)O2)CC1.Cc1ccc(Br)c2c1C=C[C+]=C2.Cc1ccc(C2=CCN(C(=O)OC(C)(C)C)CC2)c2ccccc12. The van der Waals surface area contributed by atoms with Gasteiger partial charge < -0.3 is 28.6 Å². The van der Waals surface area contributed by atoms with Gasteiger partial charge in [0, 0.05) is 32.3 Å². The van der Waals surface area contributed by atoms with Crippen molar-refractivity contribution in [3.63, 3.8) is 0 Å². The third-order valence-electron chi connectivity index (χ3n) is 10.8. The lowest BCUT2D eigenvalue weighted by Crippen LogP contribution is -2.41. The Morgan fingerprint density at radius 2 is 1.29 bits per heavy atom. The maximum Gasteiger partial charge on any atom is 0.490 e. The average molecular weight is 853 g/mol. The number of nitrogens with zero attached hydrogens (tertiary/aromatic N) is 2. The molecule has 7 rings (SSSR count). The first kappa shape index (κ1) is 44.9. The molecule has 0 N–H and O–H groups in total. The Bertz CT molecular complexity index is 2070. The maximum atomic E-state index is 12.2. The Hall–Kier alpha value is -4.21. The number of amides is 2. The normalized spacial score (nSPS) is 18.1. The first-order chi connectivity index (χ1) is 27.0. The lowest BCUT2D eigenvalue weighted by molar-refractivity contribution is 0.00578. The largest absolute Gasteiger partial charge is 0.490 e. The molecule has 58 heavy (non-hydrogen) atoms. The minimum absolute atomic E-state index is 0.230. The van der Waals surface area contributed by atoms with Crippen molar-refractivity contribution < 1.29 is 28.4 Å². The van der Waals surface area contributed by atoms with Gasteiger partial charge in [-0.1, -0.05) is 54.6 Å². The van der Waals surface area contributed by atoms with Crippen molar-refractivity contribution in [2.24, 2.45) is 0 Å². The molecule has 308 valence electrons. The molecule has 3 heterocycles. The maximum absolute atomic E-state index is 12.2. The number of halogens is 1.